The van der Waals surface area contributed by atoms with Crippen LogP contribution in [0.15, 0.2) is 17.1 Å². The fourth-order valence-corrected chi connectivity index (χ4v) is 1.89. The van der Waals surface area contributed by atoms with Crippen molar-refractivity contribution in [2.45, 2.75) is 18.4 Å². The zero-order valence-corrected chi connectivity index (χ0v) is 10.5. The van der Waals surface area contributed by atoms with E-state index in [9.17, 15) is 9.90 Å². The quantitative estimate of drug-likeness (QED) is 0.611. The van der Waals surface area contributed by atoms with E-state index in [-0.39, 0.29) is 18.2 Å². The molecule has 4 N–H and O–H groups in total. The molecule has 8 nitrogen and oxygen atoms in total. The largest absolute Gasteiger partial charge is 0.394 e. The molecule has 19 heavy (non-hydrogen) atoms. The van der Waals surface area contributed by atoms with Crippen molar-refractivity contribution >= 4 is 18.2 Å². The number of nitrogens with two attached hydrogens (primary N) is 1. The first-order valence-corrected chi connectivity index (χ1v) is 5.27. The van der Waals surface area contributed by atoms with Gasteiger partial charge >= 0.3 is 5.69 Å². The third kappa shape index (κ3) is 2.69. The first-order valence-electron chi connectivity index (χ1n) is 5.27. The van der Waals surface area contributed by atoms with Gasteiger partial charge in [0.25, 0.3) is 0 Å². The molecule has 0 aliphatic carbocycles. The standard InChI is InChI=1S/C10H12N4O4.ClH/c11-3-5-8(16)6(4-15)18-9(5)14-2-1-7(12)13-10(14)17;/h1-2,5-6,8-9,15-16H,4H2,(H2,12,13,17);1H. The van der Waals surface area contributed by atoms with E-state index < -0.39 is 36.7 Å². The van der Waals surface area contributed by atoms with Crippen LogP contribution < -0.4 is 11.4 Å². The molecule has 1 aliphatic heterocycles. The van der Waals surface area contributed by atoms with Gasteiger partial charge in [-0.1, -0.05) is 0 Å². The van der Waals surface area contributed by atoms with Crippen molar-refractivity contribution in [2.75, 3.05) is 12.3 Å². The molecule has 1 fully saturated rings. The average Bonchev–Trinajstić information content (AvgIpc) is 2.65. The second kappa shape index (κ2) is 5.99. The number of ether oxygens (including phenoxy) is 1. The maximum atomic E-state index is 11.6. The predicted octanol–water partition coefficient (Wildman–Crippen LogP) is -1.36. The number of anilines is 1. The number of aliphatic hydroxyl groups is 2. The van der Waals surface area contributed by atoms with Gasteiger partial charge in [-0.25, -0.2) is 4.79 Å². The molecule has 0 radical (unpaired) electrons. The first kappa shape index (κ1) is 15.4. The van der Waals surface area contributed by atoms with Gasteiger partial charge in [0.2, 0.25) is 0 Å². The molecule has 0 spiro atoms. The van der Waals surface area contributed by atoms with Gasteiger partial charge in [-0.3, -0.25) is 4.57 Å². The summed E-state index contributed by atoms with van der Waals surface area (Å²) in [6.45, 7) is -0.438. The number of rotatable bonds is 2. The Morgan fingerprint density at radius 2 is 2.32 bits per heavy atom. The van der Waals surface area contributed by atoms with Gasteiger partial charge in [0.15, 0.2) is 6.23 Å². The van der Waals surface area contributed by atoms with Crippen LogP contribution in [0.25, 0.3) is 0 Å². The summed E-state index contributed by atoms with van der Waals surface area (Å²) in [5.41, 5.74) is 4.68. The molecular weight excluding hydrogens is 276 g/mol. The number of halogens is 1. The normalized spacial score (nSPS) is 29.5. The van der Waals surface area contributed by atoms with Crippen molar-refractivity contribution in [1.82, 2.24) is 9.55 Å². The van der Waals surface area contributed by atoms with Crippen molar-refractivity contribution in [3.05, 3.63) is 22.7 Å². The number of nitrogen functional groups attached to an aromatic ring is 1. The van der Waals surface area contributed by atoms with E-state index >= 15 is 0 Å². The highest BCUT2D eigenvalue weighted by Crippen LogP contribution is 2.33. The zero-order valence-electron chi connectivity index (χ0n) is 9.71. The summed E-state index contributed by atoms with van der Waals surface area (Å²) in [5, 5.41) is 27.8. The lowest BCUT2D eigenvalue weighted by atomic mass is 10.0. The summed E-state index contributed by atoms with van der Waals surface area (Å²) in [5.74, 6) is -0.896. The predicted molar refractivity (Wildman–Crippen MR) is 66.3 cm³/mol. The Kier molecular flexibility index (Phi) is 4.85. The van der Waals surface area contributed by atoms with Gasteiger partial charge in [-0.05, 0) is 6.07 Å². The van der Waals surface area contributed by atoms with Crippen molar-refractivity contribution in [1.29, 1.82) is 5.26 Å². The lowest BCUT2D eigenvalue weighted by Gasteiger charge is -2.16. The van der Waals surface area contributed by atoms with Crippen LogP contribution in [-0.2, 0) is 4.74 Å². The van der Waals surface area contributed by atoms with Gasteiger partial charge in [-0.15, -0.1) is 12.4 Å². The van der Waals surface area contributed by atoms with Crippen molar-refractivity contribution in [3.63, 3.8) is 0 Å². The van der Waals surface area contributed by atoms with Crippen LogP contribution in [-0.4, -0.2) is 38.6 Å². The Morgan fingerprint density at radius 3 is 2.84 bits per heavy atom. The molecule has 2 heterocycles. The summed E-state index contributed by atoms with van der Waals surface area (Å²) >= 11 is 0. The van der Waals surface area contributed by atoms with Crippen LogP contribution >= 0.6 is 12.4 Å². The molecule has 4 atom stereocenters. The number of aromatic nitrogens is 2. The maximum Gasteiger partial charge on any atom is 0.351 e. The lowest BCUT2D eigenvalue weighted by Crippen LogP contribution is -2.31. The number of hydrogen-bond donors (Lipinski definition) is 3. The molecule has 4 unspecified atom stereocenters. The molecule has 0 bridgehead atoms. The van der Waals surface area contributed by atoms with Gasteiger partial charge < -0.3 is 20.7 Å². The number of nitrogens with zero attached hydrogens (tertiary/aromatic N) is 3. The molecule has 2 rings (SSSR count). The molecule has 1 aromatic rings. The Labute approximate surface area is 114 Å². The molecule has 1 aromatic heterocycles. The highest BCUT2D eigenvalue weighted by atomic mass is 35.5. The van der Waals surface area contributed by atoms with E-state index in [4.69, 9.17) is 20.8 Å². The number of aliphatic hydroxyl groups excluding tert-OH is 2. The molecule has 9 heteroatoms. The summed E-state index contributed by atoms with van der Waals surface area (Å²) in [7, 11) is 0. The second-order valence-electron chi connectivity index (χ2n) is 3.94. The van der Waals surface area contributed by atoms with Crippen LogP contribution in [0.1, 0.15) is 6.23 Å². The van der Waals surface area contributed by atoms with Gasteiger partial charge in [0.05, 0.1) is 12.7 Å². The molecule has 104 valence electrons. The van der Waals surface area contributed by atoms with Crippen LogP contribution in [0.4, 0.5) is 5.82 Å². The molecule has 0 saturated carbocycles. The Morgan fingerprint density at radius 1 is 1.63 bits per heavy atom. The van der Waals surface area contributed by atoms with E-state index in [0.717, 1.165) is 4.57 Å². The third-order valence-corrected chi connectivity index (χ3v) is 2.82. The topological polar surface area (TPSA) is 134 Å². The van der Waals surface area contributed by atoms with E-state index in [1.165, 1.54) is 12.3 Å². The number of nitriles is 1. The second-order valence-corrected chi connectivity index (χ2v) is 3.94. The Bertz CT molecular complexity index is 543. The summed E-state index contributed by atoms with van der Waals surface area (Å²) in [6.07, 6.45) is -1.70. The molecule has 1 saturated heterocycles. The monoisotopic (exact) mass is 288 g/mol. The van der Waals surface area contributed by atoms with Gasteiger partial charge in [0.1, 0.15) is 23.9 Å². The molecule has 1 aliphatic rings. The maximum absolute atomic E-state index is 11.6. The zero-order chi connectivity index (χ0) is 13.3. The van der Waals surface area contributed by atoms with Crippen LogP contribution in [0.3, 0.4) is 0 Å². The number of hydrogen-bond acceptors (Lipinski definition) is 7. The van der Waals surface area contributed by atoms with Gasteiger partial charge in [-0.2, -0.15) is 10.2 Å². The molecule has 0 aromatic carbocycles. The highest BCUT2D eigenvalue weighted by Gasteiger charge is 2.45. The smallest absolute Gasteiger partial charge is 0.351 e. The lowest BCUT2D eigenvalue weighted by molar-refractivity contribution is -0.0469. The summed E-state index contributed by atoms with van der Waals surface area (Å²) < 4.78 is 6.37. The fourth-order valence-electron chi connectivity index (χ4n) is 1.89. The van der Waals surface area contributed by atoms with Crippen LogP contribution in [0, 0.1) is 17.2 Å². The van der Waals surface area contributed by atoms with E-state index in [1.54, 1.807) is 0 Å². The van der Waals surface area contributed by atoms with Gasteiger partial charge in [0, 0.05) is 6.20 Å². The first-order chi connectivity index (χ1) is 8.58. The molecular formula is C10H13ClN4O4. The summed E-state index contributed by atoms with van der Waals surface area (Å²) in [6, 6.07) is 3.25. The van der Waals surface area contributed by atoms with E-state index in [0.29, 0.717) is 0 Å². The minimum atomic E-state index is -1.16. The molecule has 0 amide bonds. The van der Waals surface area contributed by atoms with Crippen molar-refractivity contribution in [3.8, 4) is 6.07 Å². The average molecular weight is 289 g/mol. The van der Waals surface area contributed by atoms with E-state index in [1.807, 2.05) is 6.07 Å². The van der Waals surface area contributed by atoms with Crippen molar-refractivity contribution in [2.24, 2.45) is 5.92 Å². The third-order valence-electron chi connectivity index (χ3n) is 2.82. The Balaban J connectivity index is 0.00000180. The highest BCUT2D eigenvalue weighted by molar-refractivity contribution is 5.85. The Hall–Kier alpha value is -1.66. The van der Waals surface area contributed by atoms with Crippen LogP contribution in [0.2, 0.25) is 0 Å². The van der Waals surface area contributed by atoms with Crippen molar-refractivity contribution < 1.29 is 14.9 Å². The van der Waals surface area contributed by atoms with Crippen LogP contribution in [0.5, 0.6) is 0 Å². The van der Waals surface area contributed by atoms with E-state index in [2.05, 4.69) is 4.98 Å². The minimum Gasteiger partial charge on any atom is -0.394 e. The fraction of sp³-hybridized carbons (Fsp3) is 0.500. The minimum absolute atomic E-state index is 0. The SMILES string of the molecule is Cl.N#CC1C(O)C(CO)OC1n1ccc(N)nc1=O. The summed E-state index contributed by atoms with van der Waals surface area (Å²) in [4.78, 5) is 15.1.